The van der Waals surface area contributed by atoms with E-state index in [1.807, 2.05) is 46.8 Å². The van der Waals surface area contributed by atoms with Crippen molar-refractivity contribution in [2.75, 3.05) is 0 Å². The minimum atomic E-state index is -0.709. The lowest BCUT2D eigenvalue weighted by Crippen LogP contribution is -2.63. The molecule has 9 saturated carbocycles. The first-order valence-corrected chi connectivity index (χ1v) is 24.3. The highest BCUT2D eigenvalue weighted by molar-refractivity contribution is 5.78. The Balaban J connectivity index is 0.000000166. The lowest BCUT2D eigenvalue weighted by atomic mass is 9.47. The van der Waals surface area contributed by atoms with Gasteiger partial charge in [0.1, 0.15) is 22.6 Å². The number of carbonyl (C=O) groups is 3. The summed E-state index contributed by atoms with van der Waals surface area (Å²) in [5.41, 5.74) is -1.61. The molecule has 0 amide bonds. The van der Waals surface area contributed by atoms with Crippen LogP contribution in [-0.4, -0.2) is 50.5 Å². The fraction of sp³-hybridized carbons (Fsp3) is 0.827. The van der Waals surface area contributed by atoms with Gasteiger partial charge in [-0.15, -0.1) is 0 Å². The van der Waals surface area contributed by atoms with Crippen molar-refractivity contribution < 1.29 is 38.8 Å². The summed E-state index contributed by atoms with van der Waals surface area (Å²) in [6.07, 6.45) is 18.1. The molecular formula is C52H82O8. The van der Waals surface area contributed by atoms with E-state index >= 15 is 0 Å². The minimum Gasteiger partial charge on any atom is -0.508 e. The van der Waals surface area contributed by atoms with E-state index in [1.165, 1.54) is 37.7 Å². The molecule has 9 aliphatic rings. The average molecular weight is 835 g/mol. The number of benzene rings is 1. The lowest BCUT2D eigenvalue weighted by Gasteiger charge is -2.62. The maximum Gasteiger partial charge on any atom is 0.312 e. The third kappa shape index (κ3) is 9.94. The van der Waals surface area contributed by atoms with Crippen molar-refractivity contribution >= 4 is 17.9 Å². The van der Waals surface area contributed by atoms with Crippen LogP contribution in [0.2, 0.25) is 0 Å². The molecule has 0 aromatic heterocycles. The maximum atomic E-state index is 13.0. The molecule has 9 fully saturated rings. The number of phenols is 1. The van der Waals surface area contributed by atoms with Crippen molar-refractivity contribution in [2.24, 2.45) is 52.3 Å². The quantitative estimate of drug-likeness (QED) is 0.158. The molecule has 8 bridgehead atoms. The molecule has 60 heavy (non-hydrogen) atoms. The van der Waals surface area contributed by atoms with Gasteiger partial charge in [-0.05, 0) is 202 Å². The molecule has 8 nitrogen and oxygen atoms in total. The van der Waals surface area contributed by atoms with Gasteiger partial charge in [0.05, 0.1) is 22.9 Å². The van der Waals surface area contributed by atoms with Gasteiger partial charge in [-0.2, -0.15) is 0 Å². The van der Waals surface area contributed by atoms with Crippen molar-refractivity contribution in [1.29, 1.82) is 0 Å². The monoisotopic (exact) mass is 835 g/mol. The maximum absolute atomic E-state index is 13.0. The number of phenolic OH excluding ortho intramolecular Hbond substituents is 1. The van der Waals surface area contributed by atoms with Crippen molar-refractivity contribution in [3.05, 3.63) is 29.8 Å². The summed E-state index contributed by atoms with van der Waals surface area (Å²) in [5, 5.41) is 19.9. The number of ether oxygens (including phenoxy) is 3. The molecule has 3 unspecified atom stereocenters. The molecule has 3 atom stereocenters. The molecule has 1 aromatic rings. The van der Waals surface area contributed by atoms with Crippen molar-refractivity contribution in [3.63, 3.8) is 0 Å². The third-order valence-corrected chi connectivity index (χ3v) is 17.1. The van der Waals surface area contributed by atoms with Crippen LogP contribution < -0.4 is 0 Å². The minimum absolute atomic E-state index is 0.0335. The summed E-state index contributed by atoms with van der Waals surface area (Å²) >= 11 is 0. The van der Waals surface area contributed by atoms with E-state index in [0.717, 1.165) is 82.5 Å². The summed E-state index contributed by atoms with van der Waals surface area (Å²) in [4.78, 5) is 38.5. The second-order valence-electron chi connectivity index (χ2n) is 22.9. The average Bonchev–Trinajstić information content (AvgIpc) is 3.62. The van der Waals surface area contributed by atoms with Gasteiger partial charge >= 0.3 is 17.9 Å². The Morgan fingerprint density at radius 3 is 1.63 bits per heavy atom. The molecule has 0 radical (unpaired) electrons. The van der Waals surface area contributed by atoms with Crippen LogP contribution in [0.4, 0.5) is 0 Å². The van der Waals surface area contributed by atoms with Gasteiger partial charge in [0.2, 0.25) is 0 Å². The predicted octanol–water partition coefficient (Wildman–Crippen LogP) is 12.0. The van der Waals surface area contributed by atoms with E-state index in [-0.39, 0.29) is 35.3 Å². The van der Waals surface area contributed by atoms with E-state index in [1.54, 1.807) is 12.1 Å². The second-order valence-corrected chi connectivity index (χ2v) is 22.9. The Hall–Kier alpha value is -2.61. The highest BCUT2D eigenvalue weighted by atomic mass is 16.6. The van der Waals surface area contributed by atoms with E-state index in [0.29, 0.717) is 54.1 Å². The Morgan fingerprint density at radius 1 is 0.700 bits per heavy atom. The lowest BCUT2D eigenvalue weighted by molar-refractivity contribution is -0.231. The first-order valence-electron chi connectivity index (χ1n) is 24.3. The van der Waals surface area contributed by atoms with Crippen LogP contribution >= 0.6 is 0 Å². The van der Waals surface area contributed by atoms with Gasteiger partial charge in [0.25, 0.3) is 0 Å². The number of rotatable bonds is 12. The molecule has 8 heteroatoms. The Morgan fingerprint density at radius 2 is 1.18 bits per heavy atom. The number of esters is 3. The van der Waals surface area contributed by atoms with Gasteiger partial charge in [-0.3, -0.25) is 14.4 Å². The molecule has 9 aliphatic carbocycles. The third-order valence-electron chi connectivity index (χ3n) is 17.1. The Kier molecular flexibility index (Phi) is 14.0. The van der Waals surface area contributed by atoms with Gasteiger partial charge in [0, 0.05) is 6.42 Å². The number of hydrogen-bond acceptors (Lipinski definition) is 8. The van der Waals surface area contributed by atoms with Crippen LogP contribution in [0.25, 0.3) is 0 Å². The molecule has 0 aliphatic heterocycles. The molecule has 2 N–H and O–H groups in total. The van der Waals surface area contributed by atoms with Gasteiger partial charge in [0.15, 0.2) is 0 Å². The van der Waals surface area contributed by atoms with Crippen LogP contribution in [0.1, 0.15) is 203 Å². The zero-order chi connectivity index (χ0) is 43.9. The van der Waals surface area contributed by atoms with Crippen LogP contribution in [0.3, 0.4) is 0 Å². The van der Waals surface area contributed by atoms with Gasteiger partial charge in [-0.25, -0.2) is 0 Å². The fourth-order valence-corrected chi connectivity index (χ4v) is 13.2. The summed E-state index contributed by atoms with van der Waals surface area (Å²) in [6, 6.07) is 7.43. The van der Waals surface area contributed by atoms with Crippen LogP contribution in [0, 0.1) is 52.3 Å². The normalized spacial score (nSPS) is 34.9. The van der Waals surface area contributed by atoms with E-state index in [9.17, 15) is 19.5 Å². The van der Waals surface area contributed by atoms with Crippen LogP contribution in [0.15, 0.2) is 24.3 Å². The topological polar surface area (TPSA) is 119 Å². The van der Waals surface area contributed by atoms with Gasteiger partial charge in [-0.1, -0.05) is 53.7 Å². The molecule has 1 aromatic carbocycles. The molecular weight excluding hydrogens is 753 g/mol. The fourth-order valence-electron chi connectivity index (χ4n) is 13.2. The zero-order valence-corrected chi connectivity index (χ0v) is 39.2. The molecule has 338 valence electrons. The van der Waals surface area contributed by atoms with Crippen LogP contribution in [0.5, 0.6) is 5.75 Å². The molecule has 0 heterocycles. The highest BCUT2D eigenvalue weighted by Crippen LogP contribution is 2.62. The smallest absolute Gasteiger partial charge is 0.312 e. The van der Waals surface area contributed by atoms with Crippen molar-refractivity contribution in [1.82, 2.24) is 0 Å². The Labute approximate surface area is 363 Å². The standard InChI is InChI=1S/C23H36O5.C19H32O2.C10H14O/c1-4-20(2,3)19(25)28-22(7-5-6-8-22)14-18(24)27-23-12-16-9-17(13-23)11-21(26,10-16)15-23;1-6-18(4,5)17(20)21-19(12(2)3)15-8-13-7-14(10-15)11-16(19)9-13;1-3-8(2)9-4-6-10(11)7-5-9/h16-17,26H,4-15H2,1-3H3;12-16H,6-11H2,1-5H3;4-8,11H,3H2,1-2H3. The first kappa shape index (κ1) is 46.9. The molecule has 0 saturated heterocycles. The van der Waals surface area contributed by atoms with E-state index in [2.05, 4.69) is 34.6 Å². The largest absolute Gasteiger partial charge is 0.508 e. The van der Waals surface area contributed by atoms with Crippen molar-refractivity contribution in [3.8, 4) is 5.75 Å². The zero-order valence-electron chi connectivity index (χ0n) is 39.2. The Bertz CT molecular complexity index is 1610. The number of hydrogen-bond donors (Lipinski definition) is 2. The SMILES string of the molecule is CCC(C)(C)C(=O)OC1(C(C)C)C2CC3CC(C2)CC1C3.CCC(C)(C)C(=O)OC1(CC(=O)OC23CC4CC(CC(O)(C4)C2)C3)CCCC1.CCC(C)c1ccc(O)cc1. The van der Waals surface area contributed by atoms with E-state index in [4.69, 9.17) is 19.3 Å². The summed E-state index contributed by atoms with van der Waals surface area (Å²) in [7, 11) is 0. The number of carbonyl (C=O) groups excluding carboxylic acids is 3. The summed E-state index contributed by atoms with van der Waals surface area (Å²) < 4.78 is 18.5. The summed E-state index contributed by atoms with van der Waals surface area (Å²) in [5.74, 6) is 4.95. The van der Waals surface area contributed by atoms with E-state index < -0.39 is 22.2 Å². The highest BCUT2D eigenvalue weighted by Gasteiger charge is 2.62. The summed E-state index contributed by atoms with van der Waals surface area (Å²) in [6.45, 7) is 20.8. The first-order chi connectivity index (χ1) is 28.1. The molecule has 0 spiro atoms. The van der Waals surface area contributed by atoms with Crippen molar-refractivity contribution in [2.45, 2.75) is 220 Å². The predicted molar refractivity (Wildman–Crippen MR) is 236 cm³/mol. The second kappa shape index (κ2) is 17.9. The van der Waals surface area contributed by atoms with Gasteiger partial charge < -0.3 is 24.4 Å². The number of aliphatic hydroxyl groups is 1. The number of aromatic hydroxyl groups is 1. The molecule has 10 rings (SSSR count). The van der Waals surface area contributed by atoms with Crippen LogP contribution in [-0.2, 0) is 28.6 Å².